The van der Waals surface area contributed by atoms with Crippen LogP contribution >= 0.6 is 0 Å². The maximum atomic E-state index is 11.0. The second-order valence-corrected chi connectivity index (χ2v) is 8.59. The van der Waals surface area contributed by atoms with Gasteiger partial charge in [0.05, 0.1) is 27.4 Å². The topological polar surface area (TPSA) is 205 Å². The summed E-state index contributed by atoms with van der Waals surface area (Å²) in [7, 11) is 2.72. The second kappa shape index (κ2) is 13.6. The second-order valence-electron chi connectivity index (χ2n) is 8.59. The predicted molar refractivity (Wildman–Crippen MR) is 134 cm³/mol. The first-order valence-corrected chi connectivity index (χ1v) is 11.8. The number of hydrogen-bond donors (Lipinski definition) is 7. The first kappa shape index (κ1) is 30.1. The summed E-state index contributed by atoms with van der Waals surface area (Å²) in [6.07, 6.45) is -7.60. The van der Waals surface area contributed by atoms with E-state index in [1.807, 2.05) is 0 Å². The third-order valence-corrected chi connectivity index (χ3v) is 6.04. The van der Waals surface area contributed by atoms with E-state index in [2.05, 4.69) is 0 Å². The summed E-state index contributed by atoms with van der Waals surface area (Å²) in [5, 5.41) is 69.2. The zero-order valence-electron chi connectivity index (χ0n) is 21.2. The minimum atomic E-state index is -1.63. The van der Waals surface area contributed by atoms with E-state index >= 15 is 0 Å². The van der Waals surface area contributed by atoms with Gasteiger partial charge < -0.3 is 59.4 Å². The zero-order chi connectivity index (χ0) is 28.7. The minimum Gasteiger partial charge on any atom is -0.493 e. The molecule has 1 saturated heterocycles. The molecule has 0 saturated carbocycles. The fourth-order valence-electron chi connectivity index (χ4n) is 3.89. The Morgan fingerprint density at radius 3 is 2.23 bits per heavy atom. The van der Waals surface area contributed by atoms with Crippen molar-refractivity contribution in [1.82, 2.24) is 0 Å². The molecule has 7 N–H and O–H groups in total. The number of aliphatic hydroxyl groups is 6. The Kier molecular flexibility index (Phi) is 10.5. The number of hydrogen-bond acceptors (Lipinski definition) is 12. The average molecular weight is 553 g/mol. The van der Waals surface area contributed by atoms with Gasteiger partial charge in [-0.15, -0.1) is 0 Å². The molecule has 7 atom stereocenters. The van der Waals surface area contributed by atoms with Crippen LogP contribution in [0, 0.1) is 0 Å². The van der Waals surface area contributed by atoms with E-state index in [0.717, 1.165) is 6.08 Å². The van der Waals surface area contributed by atoms with Gasteiger partial charge in [-0.25, -0.2) is 4.79 Å². The minimum absolute atomic E-state index is 0.0610. The maximum absolute atomic E-state index is 11.0. The number of aliphatic hydroxyl groups excluding tert-OH is 6. The summed E-state index contributed by atoms with van der Waals surface area (Å²) in [6, 6.07) is 8.88. The van der Waals surface area contributed by atoms with E-state index < -0.39 is 62.1 Å². The van der Waals surface area contributed by atoms with Crippen LogP contribution in [-0.2, 0) is 9.53 Å². The van der Waals surface area contributed by atoms with Crippen molar-refractivity contribution in [3.63, 3.8) is 0 Å². The quantitative estimate of drug-likeness (QED) is 0.165. The maximum Gasteiger partial charge on any atom is 0.328 e. The van der Waals surface area contributed by atoms with Gasteiger partial charge in [-0.3, -0.25) is 0 Å². The van der Waals surface area contributed by atoms with Crippen molar-refractivity contribution in [2.24, 2.45) is 0 Å². The number of ether oxygens (including phenoxy) is 5. The van der Waals surface area contributed by atoms with Crippen molar-refractivity contribution in [3.8, 4) is 23.0 Å². The van der Waals surface area contributed by atoms with Crippen LogP contribution < -0.4 is 18.9 Å². The van der Waals surface area contributed by atoms with Crippen molar-refractivity contribution >= 4 is 12.0 Å². The molecule has 0 radical (unpaired) electrons. The lowest BCUT2D eigenvalue weighted by Gasteiger charge is -2.39. The first-order chi connectivity index (χ1) is 18.6. The monoisotopic (exact) mass is 552 g/mol. The molecule has 0 aromatic heterocycles. The van der Waals surface area contributed by atoms with Crippen LogP contribution in [0.25, 0.3) is 6.08 Å². The van der Waals surface area contributed by atoms with Crippen LogP contribution in [0.3, 0.4) is 0 Å². The van der Waals surface area contributed by atoms with Crippen molar-refractivity contribution in [1.29, 1.82) is 0 Å². The van der Waals surface area contributed by atoms with Crippen LogP contribution in [0.5, 0.6) is 23.0 Å². The van der Waals surface area contributed by atoms with E-state index in [4.69, 9.17) is 28.8 Å². The number of carboxylic acids is 1. The molecular formula is C26H32O13. The van der Waals surface area contributed by atoms with Gasteiger partial charge in [0.2, 0.25) is 6.29 Å². The summed E-state index contributed by atoms with van der Waals surface area (Å²) < 4.78 is 27.4. The van der Waals surface area contributed by atoms with Gasteiger partial charge in [0.1, 0.15) is 30.5 Å². The molecule has 0 amide bonds. The molecule has 1 aliphatic rings. The van der Waals surface area contributed by atoms with E-state index in [1.165, 1.54) is 50.6 Å². The van der Waals surface area contributed by atoms with Gasteiger partial charge in [0.15, 0.2) is 29.1 Å². The molecule has 2 aromatic rings. The van der Waals surface area contributed by atoms with Crippen LogP contribution in [-0.4, -0.2) is 106 Å². The van der Waals surface area contributed by atoms with Crippen molar-refractivity contribution < 1.29 is 64.2 Å². The normalized spacial score (nSPS) is 24.7. The molecule has 1 aliphatic heterocycles. The molecule has 214 valence electrons. The Hall–Kier alpha value is -3.43. The van der Waals surface area contributed by atoms with E-state index in [9.17, 15) is 35.4 Å². The molecule has 1 heterocycles. The Morgan fingerprint density at radius 2 is 1.62 bits per heavy atom. The lowest BCUT2D eigenvalue weighted by Crippen LogP contribution is -2.60. The summed E-state index contributed by atoms with van der Waals surface area (Å²) in [5.74, 6) is -0.511. The fraction of sp³-hybridized carbons (Fsp3) is 0.423. The van der Waals surface area contributed by atoms with Crippen LogP contribution in [0.1, 0.15) is 17.2 Å². The molecule has 39 heavy (non-hydrogen) atoms. The fourth-order valence-corrected chi connectivity index (χ4v) is 3.89. The SMILES string of the molecule is COc1cc(C=CC(=O)O)ccc1OC(CO)C(O)c1ccc(OC2OC(CO)C(O)C(O)C2O)c(OC)c1. The van der Waals surface area contributed by atoms with Gasteiger partial charge in [-0.1, -0.05) is 12.1 Å². The number of rotatable bonds is 12. The lowest BCUT2D eigenvalue weighted by atomic mass is 9.99. The van der Waals surface area contributed by atoms with Crippen molar-refractivity contribution in [3.05, 3.63) is 53.6 Å². The largest absolute Gasteiger partial charge is 0.493 e. The highest BCUT2D eigenvalue weighted by molar-refractivity contribution is 5.85. The molecule has 0 spiro atoms. The van der Waals surface area contributed by atoms with Gasteiger partial charge in [-0.2, -0.15) is 0 Å². The predicted octanol–water partition coefficient (Wildman–Crippen LogP) is -0.546. The van der Waals surface area contributed by atoms with Crippen LogP contribution in [0.2, 0.25) is 0 Å². The Balaban J connectivity index is 1.78. The van der Waals surface area contributed by atoms with Crippen molar-refractivity contribution in [2.75, 3.05) is 27.4 Å². The Labute approximate surface area is 223 Å². The molecule has 2 aromatic carbocycles. The van der Waals surface area contributed by atoms with Crippen LogP contribution in [0.15, 0.2) is 42.5 Å². The average Bonchev–Trinajstić information content (AvgIpc) is 2.94. The first-order valence-electron chi connectivity index (χ1n) is 11.8. The third-order valence-electron chi connectivity index (χ3n) is 6.04. The Bertz CT molecular complexity index is 1130. The molecule has 0 bridgehead atoms. The molecule has 1 fully saturated rings. The summed E-state index contributed by atoms with van der Waals surface area (Å²) in [5.41, 5.74) is 0.800. The highest BCUT2D eigenvalue weighted by Crippen LogP contribution is 2.36. The highest BCUT2D eigenvalue weighted by Gasteiger charge is 2.45. The number of carbonyl (C=O) groups is 1. The van der Waals surface area contributed by atoms with Gasteiger partial charge in [0, 0.05) is 6.08 Å². The van der Waals surface area contributed by atoms with Gasteiger partial charge in [0.25, 0.3) is 0 Å². The van der Waals surface area contributed by atoms with Gasteiger partial charge in [-0.05, 0) is 41.5 Å². The van der Waals surface area contributed by atoms with E-state index in [-0.39, 0.29) is 28.6 Å². The smallest absolute Gasteiger partial charge is 0.328 e. The zero-order valence-corrected chi connectivity index (χ0v) is 21.2. The van der Waals surface area contributed by atoms with Crippen LogP contribution in [0.4, 0.5) is 0 Å². The van der Waals surface area contributed by atoms with E-state index in [0.29, 0.717) is 5.56 Å². The summed E-state index contributed by atoms with van der Waals surface area (Å²) >= 11 is 0. The molecule has 3 rings (SSSR count). The molecule has 7 unspecified atom stereocenters. The number of benzene rings is 2. The molecular weight excluding hydrogens is 520 g/mol. The Morgan fingerprint density at radius 1 is 0.949 bits per heavy atom. The number of carboxylic acid groups (broad SMARTS) is 1. The molecule has 0 aliphatic carbocycles. The third kappa shape index (κ3) is 7.16. The van der Waals surface area contributed by atoms with E-state index in [1.54, 1.807) is 6.07 Å². The standard InChI is InChI=1S/C26H32O13/c1-35-17-9-13(4-8-21(29)30)3-6-15(17)37-19(11-27)22(31)14-5-7-16(18(10-14)36-2)38-26-25(34)24(33)23(32)20(12-28)39-26/h3-10,19-20,22-28,31-34H,11-12H2,1-2H3,(H,29,30). The number of methoxy groups -OCH3 is 2. The van der Waals surface area contributed by atoms with Gasteiger partial charge >= 0.3 is 5.97 Å². The summed E-state index contributed by atoms with van der Waals surface area (Å²) in [4.78, 5) is 10.8. The lowest BCUT2D eigenvalue weighted by molar-refractivity contribution is -0.277. The highest BCUT2D eigenvalue weighted by atomic mass is 16.7. The molecule has 13 nitrogen and oxygen atoms in total. The molecule has 13 heteroatoms. The van der Waals surface area contributed by atoms with Crippen molar-refractivity contribution in [2.45, 2.75) is 42.9 Å². The number of aliphatic carboxylic acids is 1. The summed E-state index contributed by atoms with van der Waals surface area (Å²) in [6.45, 7) is -1.21.